The first kappa shape index (κ1) is 39.2. The Bertz CT molecular complexity index is 1430. The van der Waals surface area contributed by atoms with Crippen molar-refractivity contribution in [3.05, 3.63) is 69.2 Å². The van der Waals surface area contributed by atoms with Gasteiger partial charge in [0.25, 0.3) is 0 Å². The molecule has 256 valence electrons. The Labute approximate surface area is 287 Å². The highest BCUT2D eigenvalue weighted by atomic mass is 35.5. The number of hydrogen-bond acceptors (Lipinski definition) is 8. The Morgan fingerprint density at radius 1 is 0.851 bits per heavy atom. The van der Waals surface area contributed by atoms with Gasteiger partial charge in [-0.1, -0.05) is 55.2 Å². The number of carbonyl (C=O) groups is 6. The van der Waals surface area contributed by atoms with E-state index in [0.29, 0.717) is 22.0 Å². The number of aliphatic carboxylic acids is 1. The Hall–Kier alpha value is -4.01. The molecule has 13 nitrogen and oxygen atoms in total. The molecule has 0 saturated heterocycles. The van der Waals surface area contributed by atoms with Crippen molar-refractivity contribution in [1.29, 1.82) is 0 Å². The van der Waals surface area contributed by atoms with Crippen LogP contribution in [0.5, 0.6) is 0 Å². The van der Waals surface area contributed by atoms with Gasteiger partial charge in [0, 0.05) is 28.8 Å². The number of benzene rings is 2. The second-order valence-corrected chi connectivity index (χ2v) is 12.1. The van der Waals surface area contributed by atoms with Gasteiger partial charge in [-0.25, -0.2) is 9.59 Å². The van der Waals surface area contributed by atoms with Gasteiger partial charge in [-0.3, -0.25) is 19.2 Å². The first-order valence-electron chi connectivity index (χ1n) is 14.6. The largest absolute Gasteiger partial charge is 0.481 e. The molecule has 4 amide bonds. The van der Waals surface area contributed by atoms with Crippen LogP contribution in [-0.2, 0) is 36.9 Å². The zero-order chi connectivity index (χ0) is 35.1. The van der Waals surface area contributed by atoms with Crippen LogP contribution in [0.4, 0.5) is 4.79 Å². The van der Waals surface area contributed by atoms with E-state index in [9.17, 15) is 33.9 Å². The molecule has 0 heterocycles. The van der Waals surface area contributed by atoms with Crippen LogP contribution in [0.2, 0.25) is 10.0 Å². The van der Waals surface area contributed by atoms with Crippen molar-refractivity contribution in [1.82, 2.24) is 21.3 Å². The fourth-order valence-electron chi connectivity index (χ4n) is 4.22. The van der Waals surface area contributed by atoms with Crippen LogP contribution in [0.15, 0.2) is 42.5 Å². The third-order valence-corrected chi connectivity index (χ3v) is 7.64. The van der Waals surface area contributed by atoms with Gasteiger partial charge in [-0.15, -0.1) is 0 Å². The molecular formula is C31H38Cl2N4O9S. The van der Waals surface area contributed by atoms with Gasteiger partial charge in [-0.05, 0) is 60.6 Å². The molecule has 0 radical (unpaired) electrons. The second kappa shape index (κ2) is 19.6. The molecular weight excluding hydrogens is 675 g/mol. The predicted octanol–water partition coefficient (Wildman–Crippen LogP) is 3.46. The van der Waals surface area contributed by atoms with Gasteiger partial charge in [0.1, 0.15) is 24.7 Å². The Kier molecular flexibility index (Phi) is 16.3. The summed E-state index contributed by atoms with van der Waals surface area (Å²) in [5, 5.41) is 29.3. The minimum Gasteiger partial charge on any atom is -0.481 e. The number of hydrogen-bond donors (Lipinski definition) is 7. The molecule has 3 atom stereocenters. The fourth-order valence-corrected chi connectivity index (χ4v) is 4.98. The van der Waals surface area contributed by atoms with Gasteiger partial charge in [0.15, 0.2) is 0 Å². The number of rotatable bonds is 18. The number of ether oxygens (including phenoxy) is 1. The minimum absolute atomic E-state index is 0.0458. The van der Waals surface area contributed by atoms with E-state index in [2.05, 4.69) is 33.9 Å². The Balaban J connectivity index is 2.03. The van der Waals surface area contributed by atoms with Crippen molar-refractivity contribution in [2.45, 2.75) is 64.3 Å². The molecule has 2 rings (SSSR count). The third kappa shape index (κ3) is 14.1. The standard InChI is InChI=1S/C31H38Cl2N4O9S/c1-17(2)13-24(29(42)36-25(16-47)27(40)34-12-11-19-7-8-21(32)14-22(19)33)35-28(41)23(9-10-26(38)39)37-31(45)46-15-18-3-5-20(6-4-18)30(43)44/h3-8,14,17,23-25,47H,9-13,15-16H2,1-2H3,(H,34,40)(H,35,41)(H,36,42)(H,37,45)(H,38,39)(H,43,44)/t23-,24-,25-/m0/s1. The average molecular weight is 714 g/mol. The molecule has 47 heavy (non-hydrogen) atoms. The Morgan fingerprint density at radius 3 is 2.06 bits per heavy atom. The van der Waals surface area contributed by atoms with E-state index < -0.39 is 60.3 Å². The summed E-state index contributed by atoms with van der Waals surface area (Å²) in [6.07, 6.45) is -1.24. The minimum atomic E-state index is -1.38. The highest BCUT2D eigenvalue weighted by Crippen LogP contribution is 2.21. The number of carboxylic acid groups (broad SMARTS) is 2. The van der Waals surface area contributed by atoms with E-state index in [0.717, 1.165) is 5.56 Å². The van der Waals surface area contributed by atoms with E-state index in [1.807, 2.05) is 13.8 Å². The summed E-state index contributed by atoms with van der Waals surface area (Å²) in [6, 6.07) is 7.04. The van der Waals surface area contributed by atoms with Crippen molar-refractivity contribution in [3.63, 3.8) is 0 Å². The van der Waals surface area contributed by atoms with Crippen LogP contribution in [0.1, 0.15) is 54.6 Å². The van der Waals surface area contributed by atoms with Gasteiger partial charge in [0.2, 0.25) is 17.7 Å². The molecule has 2 aromatic rings. The van der Waals surface area contributed by atoms with Crippen molar-refractivity contribution >= 4 is 71.6 Å². The molecule has 0 bridgehead atoms. The lowest BCUT2D eigenvalue weighted by Gasteiger charge is -2.25. The maximum Gasteiger partial charge on any atom is 0.408 e. The number of carbonyl (C=O) groups excluding carboxylic acids is 4. The molecule has 0 aliphatic carbocycles. The molecule has 0 spiro atoms. The van der Waals surface area contributed by atoms with Crippen molar-refractivity contribution in [2.75, 3.05) is 12.3 Å². The van der Waals surface area contributed by atoms with Gasteiger partial charge in [-0.2, -0.15) is 12.6 Å². The van der Waals surface area contributed by atoms with Crippen LogP contribution in [0.25, 0.3) is 0 Å². The summed E-state index contributed by atoms with van der Waals surface area (Å²) in [7, 11) is 0. The fraction of sp³-hybridized carbons (Fsp3) is 0.419. The van der Waals surface area contributed by atoms with Crippen LogP contribution < -0.4 is 21.3 Å². The highest BCUT2D eigenvalue weighted by molar-refractivity contribution is 7.80. The zero-order valence-corrected chi connectivity index (χ0v) is 28.2. The summed E-state index contributed by atoms with van der Waals surface area (Å²) >= 11 is 16.3. The van der Waals surface area contributed by atoms with Crippen molar-refractivity contribution in [3.8, 4) is 0 Å². The number of thiol groups is 1. The summed E-state index contributed by atoms with van der Waals surface area (Å²) in [6.45, 7) is 3.60. The summed E-state index contributed by atoms with van der Waals surface area (Å²) < 4.78 is 5.13. The SMILES string of the molecule is CC(C)C[C@H](NC(=O)[C@H](CCC(=O)O)NC(=O)OCc1ccc(C(=O)O)cc1)C(=O)N[C@@H](CS)C(=O)NCCc1ccc(Cl)cc1Cl. The number of nitrogens with one attached hydrogen (secondary N) is 4. The van der Waals surface area contributed by atoms with E-state index in [4.69, 9.17) is 33.0 Å². The molecule has 2 aromatic carbocycles. The first-order chi connectivity index (χ1) is 22.2. The number of halogens is 2. The lowest BCUT2D eigenvalue weighted by atomic mass is 10.0. The highest BCUT2D eigenvalue weighted by Gasteiger charge is 2.30. The monoisotopic (exact) mass is 712 g/mol. The maximum atomic E-state index is 13.3. The third-order valence-electron chi connectivity index (χ3n) is 6.69. The lowest BCUT2D eigenvalue weighted by molar-refractivity contribution is -0.137. The van der Waals surface area contributed by atoms with Gasteiger partial charge >= 0.3 is 18.0 Å². The second-order valence-electron chi connectivity index (χ2n) is 10.9. The van der Waals surface area contributed by atoms with Crippen molar-refractivity contribution in [2.24, 2.45) is 5.92 Å². The molecule has 0 aliphatic heterocycles. The number of amides is 4. The molecule has 0 aromatic heterocycles. The van der Waals surface area contributed by atoms with Crippen LogP contribution in [0, 0.1) is 5.92 Å². The molecule has 0 unspecified atom stereocenters. The van der Waals surface area contributed by atoms with Crippen LogP contribution >= 0.6 is 35.8 Å². The summed E-state index contributed by atoms with van der Waals surface area (Å²) in [4.78, 5) is 74.2. The summed E-state index contributed by atoms with van der Waals surface area (Å²) in [5.41, 5.74) is 1.29. The number of aromatic carboxylic acids is 1. The number of alkyl carbamates (subject to hydrolysis) is 1. The van der Waals surface area contributed by atoms with Crippen LogP contribution in [0.3, 0.4) is 0 Å². The molecule has 0 saturated carbocycles. The van der Waals surface area contributed by atoms with E-state index in [-0.39, 0.29) is 43.2 Å². The van der Waals surface area contributed by atoms with E-state index in [1.54, 1.807) is 18.2 Å². The molecule has 6 N–H and O–H groups in total. The first-order valence-corrected chi connectivity index (χ1v) is 16.0. The lowest BCUT2D eigenvalue weighted by Crippen LogP contribution is -2.57. The van der Waals surface area contributed by atoms with Gasteiger partial charge < -0.3 is 36.2 Å². The normalized spacial score (nSPS) is 12.7. The molecule has 0 fully saturated rings. The average Bonchev–Trinajstić information content (AvgIpc) is 3.01. The van der Waals surface area contributed by atoms with E-state index in [1.165, 1.54) is 24.3 Å². The van der Waals surface area contributed by atoms with Gasteiger partial charge in [0.05, 0.1) is 5.56 Å². The number of carboxylic acids is 2. The smallest absolute Gasteiger partial charge is 0.408 e. The quantitative estimate of drug-likeness (QED) is 0.113. The van der Waals surface area contributed by atoms with Crippen molar-refractivity contribution < 1.29 is 43.7 Å². The predicted molar refractivity (Wildman–Crippen MR) is 178 cm³/mol. The summed E-state index contributed by atoms with van der Waals surface area (Å²) in [5.74, 6) is -4.47. The molecule has 0 aliphatic rings. The topological polar surface area (TPSA) is 200 Å². The Morgan fingerprint density at radius 2 is 1.49 bits per heavy atom. The van der Waals surface area contributed by atoms with Crippen LogP contribution in [-0.4, -0.2) is 76.4 Å². The van der Waals surface area contributed by atoms with E-state index >= 15 is 0 Å². The molecule has 16 heteroatoms. The maximum absolute atomic E-state index is 13.3. The zero-order valence-electron chi connectivity index (χ0n) is 25.8.